The van der Waals surface area contributed by atoms with Crippen molar-refractivity contribution in [2.45, 2.75) is 18.1 Å². The molecule has 0 aromatic heterocycles. The van der Waals surface area contributed by atoms with E-state index in [4.69, 9.17) is 5.26 Å². The third-order valence-electron chi connectivity index (χ3n) is 4.27. The minimum absolute atomic E-state index is 0.0147. The molecule has 0 amide bonds. The van der Waals surface area contributed by atoms with Crippen molar-refractivity contribution < 1.29 is 12.8 Å². The highest BCUT2D eigenvalue weighted by Gasteiger charge is 2.32. The van der Waals surface area contributed by atoms with E-state index in [0.717, 1.165) is 5.56 Å². The van der Waals surface area contributed by atoms with Crippen molar-refractivity contribution >= 4 is 10.0 Å². The van der Waals surface area contributed by atoms with Gasteiger partial charge in [-0.05, 0) is 47.7 Å². The van der Waals surface area contributed by atoms with Crippen LogP contribution in [0, 0.1) is 17.1 Å². The van der Waals surface area contributed by atoms with Crippen molar-refractivity contribution in [1.82, 2.24) is 4.31 Å². The van der Waals surface area contributed by atoms with Gasteiger partial charge in [0, 0.05) is 13.1 Å². The first-order valence-corrected chi connectivity index (χ1v) is 9.31. The third-order valence-corrected chi connectivity index (χ3v) is 6.09. The van der Waals surface area contributed by atoms with Gasteiger partial charge in [-0.15, -0.1) is 0 Å². The molecule has 24 heavy (non-hydrogen) atoms. The molecule has 4 nitrogen and oxygen atoms in total. The van der Waals surface area contributed by atoms with E-state index in [1.807, 2.05) is 12.1 Å². The van der Waals surface area contributed by atoms with Gasteiger partial charge in [-0.25, -0.2) is 17.1 Å². The van der Waals surface area contributed by atoms with E-state index in [1.54, 1.807) is 30.3 Å². The lowest BCUT2D eigenvalue weighted by atomic mass is 9.99. The molecule has 0 spiro atoms. The molecule has 1 aliphatic rings. The fourth-order valence-corrected chi connectivity index (χ4v) is 4.62. The first-order chi connectivity index (χ1) is 11.5. The van der Waals surface area contributed by atoms with Crippen LogP contribution < -0.4 is 0 Å². The highest BCUT2D eigenvalue weighted by atomic mass is 32.2. The molecular formula is C18H17FN2O2S. The second-order valence-corrected chi connectivity index (χ2v) is 7.94. The quantitative estimate of drug-likeness (QED) is 0.856. The van der Waals surface area contributed by atoms with Crippen LogP contribution in [0.3, 0.4) is 0 Å². The van der Waals surface area contributed by atoms with Crippen molar-refractivity contribution in [2.75, 3.05) is 13.1 Å². The molecule has 0 unspecified atom stereocenters. The van der Waals surface area contributed by atoms with Crippen molar-refractivity contribution in [3.63, 3.8) is 0 Å². The van der Waals surface area contributed by atoms with Crippen LogP contribution in [-0.2, 0) is 15.8 Å². The summed E-state index contributed by atoms with van der Waals surface area (Å²) in [5.41, 5.74) is 1.88. The van der Waals surface area contributed by atoms with Crippen LogP contribution in [-0.4, -0.2) is 25.8 Å². The highest BCUT2D eigenvalue weighted by molar-refractivity contribution is 7.88. The number of nitriles is 1. The maximum atomic E-state index is 13.4. The van der Waals surface area contributed by atoms with Crippen LogP contribution in [0.4, 0.5) is 4.39 Å². The van der Waals surface area contributed by atoms with Crippen LogP contribution in [0.25, 0.3) is 0 Å². The van der Waals surface area contributed by atoms with Gasteiger partial charge >= 0.3 is 0 Å². The molecule has 3 rings (SSSR count). The number of hydrogen-bond donors (Lipinski definition) is 0. The van der Waals surface area contributed by atoms with Crippen LogP contribution in [0.15, 0.2) is 48.5 Å². The third kappa shape index (κ3) is 3.64. The molecule has 1 heterocycles. The van der Waals surface area contributed by atoms with E-state index in [1.165, 1.54) is 16.4 Å². The minimum atomic E-state index is -3.46. The van der Waals surface area contributed by atoms with E-state index in [-0.39, 0.29) is 17.5 Å². The summed E-state index contributed by atoms with van der Waals surface area (Å²) in [6.07, 6.45) is 0.681. The molecule has 0 bridgehead atoms. The highest BCUT2D eigenvalue weighted by Crippen LogP contribution is 2.30. The zero-order chi connectivity index (χ0) is 17.2. The molecule has 2 aromatic carbocycles. The van der Waals surface area contributed by atoms with E-state index in [0.29, 0.717) is 30.6 Å². The van der Waals surface area contributed by atoms with Crippen molar-refractivity contribution in [2.24, 2.45) is 0 Å². The van der Waals surface area contributed by atoms with Gasteiger partial charge in [0.05, 0.1) is 17.4 Å². The maximum Gasteiger partial charge on any atom is 0.218 e. The summed E-state index contributed by atoms with van der Waals surface area (Å²) in [7, 11) is -3.46. The summed E-state index contributed by atoms with van der Waals surface area (Å²) >= 11 is 0. The van der Waals surface area contributed by atoms with Crippen LogP contribution in [0.1, 0.15) is 29.0 Å². The van der Waals surface area contributed by atoms with Crippen LogP contribution >= 0.6 is 0 Å². The molecule has 1 aliphatic heterocycles. The lowest BCUT2D eigenvalue weighted by molar-refractivity contribution is 0.472. The first kappa shape index (κ1) is 16.6. The first-order valence-electron chi connectivity index (χ1n) is 7.70. The van der Waals surface area contributed by atoms with E-state index >= 15 is 0 Å². The summed E-state index contributed by atoms with van der Waals surface area (Å²) in [6.45, 7) is 0.797. The Labute approximate surface area is 141 Å². The topological polar surface area (TPSA) is 61.2 Å². The Morgan fingerprint density at radius 1 is 1.21 bits per heavy atom. The van der Waals surface area contributed by atoms with Crippen molar-refractivity contribution in [1.29, 1.82) is 5.26 Å². The normalized spacial score (nSPS) is 18.4. The van der Waals surface area contributed by atoms with Crippen molar-refractivity contribution in [3.8, 4) is 6.07 Å². The zero-order valence-electron chi connectivity index (χ0n) is 13.0. The largest absolute Gasteiger partial charge is 0.218 e. The minimum Gasteiger partial charge on any atom is -0.212 e. The fraction of sp³-hybridized carbons (Fsp3) is 0.278. The second kappa shape index (κ2) is 6.71. The van der Waals surface area contributed by atoms with Gasteiger partial charge in [-0.2, -0.15) is 5.26 Å². The summed E-state index contributed by atoms with van der Waals surface area (Å²) < 4.78 is 40.0. The Bertz CT molecular complexity index is 890. The molecule has 1 fully saturated rings. The Balaban J connectivity index is 1.73. The Kier molecular flexibility index (Phi) is 4.65. The van der Waals surface area contributed by atoms with Gasteiger partial charge in [-0.3, -0.25) is 0 Å². The number of rotatable bonds is 4. The summed E-state index contributed by atoms with van der Waals surface area (Å²) in [6, 6.07) is 15.0. The lowest BCUT2D eigenvalue weighted by Gasteiger charge is -2.17. The molecule has 124 valence electrons. The maximum absolute atomic E-state index is 13.4. The van der Waals surface area contributed by atoms with E-state index in [9.17, 15) is 12.8 Å². The molecular weight excluding hydrogens is 327 g/mol. The zero-order valence-corrected chi connectivity index (χ0v) is 13.8. The van der Waals surface area contributed by atoms with Gasteiger partial charge in [0.15, 0.2) is 0 Å². The van der Waals surface area contributed by atoms with Gasteiger partial charge in [0.25, 0.3) is 0 Å². The van der Waals surface area contributed by atoms with Gasteiger partial charge < -0.3 is 0 Å². The number of benzene rings is 2. The second-order valence-electron chi connectivity index (χ2n) is 5.97. The monoisotopic (exact) mass is 344 g/mol. The molecule has 0 saturated carbocycles. The molecule has 1 atom stereocenters. The predicted molar refractivity (Wildman–Crippen MR) is 89.1 cm³/mol. The SMILES string of the molecule is N#Cc1cccc(CS(=O)(=O)N2CC[C@H](c3cccc(F)c3)C2)c1. The molecule has 1 saturated heterocycles. The molecule has 2 aromatic rings. The fourth-order valence-electron chi connectivity index (χ4n) is 3.05. The lowest BCUT2D eigenvalue weighted by Crippen LogP contribution is -2.29. The Morgan fingerprint density at radius 3 is 2.75 bits per heavy atom. The average molecular weight is 344 g/mol. The van der Waals surface area contributed by atoms with Crippen LogP contribution in [0.2, 0.25) is 0 Å². The summed E-state index contributed by atoms with van der Waals surface area (Å²) in [5.74, 6) is -0.415. The number of nitrogens with zero attached hydrogens (tertiary/aromatic N) is 2. The molecule has 0 aliphatic carbocycles. The Morgan fingerprint density at radius 2 is 2.00 bits per heavy atom. The number of hydrogen-bond acceptors (Lipinski definition) is 3. The number of halogens is 1. The van der Waals surface area contributed by atoms with Crippen molar-refractivity contribution in [3.05, 3.63) is 71.0 Å². The van der Waals surface area contributed by atoms with E-state index in [2.05, 4.69) is 0 Å². The number of sulfonamides is 1. The van der Waals surface area contributed by atoms with Gasteiger partial charge in [-0.1, -0.05) is 24.3 Å². The standard InChI is InChI=1S/C18H17FN2O2S/c19-18-6-2-5-16(10-18)17-7-8-21(12-17)24(22,23)13-15-4-1-3-14(9-15)11-20/h1-6,9-10,17H,7-8,12-13H2/t17-/m0/s1. The molecule has 6 heteroatoms. The molecule has 0 radical (unpaired) electrons. The average Bonchev–Trinajstić information content (AvgIpc) is 3.05. The van der Waals surface area contributed by atoms with Crippen LogP contribution in [0.5, 0.6) is 0 Å². The van der Waals surface area contributed by atoms with Gasteiger partial charge in [0.1, 0.15) is 5.82 Å². The van der Waals surface area contributed by atoms with E-state index < -0.39 is 10.0 Å². The predicted octanol–water partition coefficient (Wildman–Crippen LogP) is 3.02. The Hall–Kier alpha value is -2.23. The summed E-state index contributed by atoms with van der Waals surface area (Å²) in [4.78, 5) is 0. The van der Waals surface area contributed by atoms with Gasteiger partial charge in [0.2, 0.25) is 10.0 Å². The smallest absolute Gasteiger partial charge is 0.212 e. The molecule has 0 N–H and O–H groups in total. The summed E-state index contributed by atoms with van der Waals surface area (Å²) in [5, 5.41) is 8.91.